The topological polar surface area (TPSA) is 80.5 Å². The molecule has 158 valence electrons. The van der Waals surface area contributed by atoms with Crippen molar-refractivity contribution >= 4 is 39.1 Å². The number of nitrogens with two attached hydrogens (primary N) is 2. The Balaban J connectivity index is 1.50. The lowest BCUT2D eigenvalue weighted by molar-refractivity contribution is 0.179. The number of fused-ring (bicyclic) bond motifs is 1. The van der Waals surface area contributed by atoms with E-state index < -0.39 is 0 Å². The summed E-state index contributed by atoms with van der Waals surface area (Å²) in [7, 11) is 0. The van der Waals surface area contributed by atoms with E-state index >= 15 is 0 Å². The zero-order valence-corrected chi connectivity index (χ0v) is 18.6. The fraction of sp³-hybridized carbons (Fsp3) is 0.391. The van der Waals surface area contributed by atoms with Crippen LogP contribution in [0.15, 0.2) is 53.5 Å². The molecule has 5 nitrogen and oxygen atoms in total. The van der Waals surface area contributed by atoms with E-state index in [0.29, 0.717) is 5.92 Å². The van der Waals surface area contributed by atoms with E-state index in [-0.39, 0.29) is 12.0 Å². The van der Waals surface area contributed by atoms with Gasteiger partial charge < -0.3 is 11.5 Å². The van der Waals surface area contributed by atoms with Crippen molar-refractivity contribution in [2.75, 3.05) is 6.54 Å². The van der Waals surface area contributed by atoms with E-state index in [1.54, 1.807) is 11.3 Å². The molecule has 0 radical (unpaired) electrons. The van der Waals surface area contributed by atoms with Crippen molar-refractivity contribution in [3.63, 3.8) is 0 Å². The highest BCUT2D eigenvalue weighted by atomic mass is 35.5. The summed E-state index contributed by atoms with van der Waals surface area (Å²) in [6.45, 7) is 2.72. The molecule has 0 spiro atoms. The summed E-state index contributed by atoms with van der Waals surface area (Å²) in [5.74, 6) is 0.779. The third kappa shape index (κ3) is 5.72. The van der Waals surface area contributed by atoms with Crippen LogP contribution in [0.3, 0.4) is 0 Å². The standard InChI is InChI=1S/C23H28ClN5S/c24-18-10-8-16(9-11-18)13-29(14-17-4-3-5-19(12-17)27-23(25)26)15-22-28-20-6-1-2-7-21(20)30-22/h1-2,6-11,17,19H,3-5,12-15H2,(H4,25,26,27). The summed E-state index contributed by atoms with van der Waals surface area (Å²) in [5.41, 5.74) is 13.6. The number of thiazole rings is 1. The van der Waals surface area contributed by atoms with Gasteiger partial charge in [-0.3, -0.25) is 9.89 Å². The monoisotopic (exact) mass is 441 g/mol. The van der Waals surface area contributed by atoms with Gasteiger partial charge in [0.05, 0.1) is 22.8 Å². The summed E-state index contributed by atoms with van der Waals surface area (Å²) in [6.07, 6.45) is 4.49. The highest BCUT2D eigenvalue weighted by Crippen LogP contribution is 2.29. The molecule has 4 N–H and O–H groups in total. The first-order valence-electron chi connectivity index (χ1n) is 10.4. The maximum absolute atomic E-state index is 6.08. The number of aliphatic imine (C=N–C) groups is 1. The first-order valence-corrected chi connectivity index (χ1v) is 11.6. The molecule has 3 aromatic rings. The molecule has 4 rings (SSSR count). The molecular weight excluding hydrogens is 414 g/mol. The highest BCUT2D eigenvalue weighted by Gasteiger charge is 2.24. The Kier molecular flexibility index (Phi) is 6.87. The molecule has 0 bridgehead atoms. The number of para-hydroxylation sites is 1. The van der Waals surface area contributed by atoms with Crippen molar-refractivity contribution < 1.29 is 0 Å². The van der Waals surface area contributed by atoms with Gasteiger partial charge in [0.1, 0.15) is 5.01 Å². The van der Waals surface area contributed by atoms with Crippen molar-refractivity contribution in [1.82, 2.24) is 9.88 Å². The van der Waals surface area contributed by atoms with Crippen molar-refractivity contribution in [1.29, 1.82) is 0 Å². The molecule has 1 saturated carbocycles. The van der Waals surface area contributed by atoms with Gasteiger partial charge in [0.25, 0.3) is 0 Å². The van der Waals surface area contributed by atoms with Crippen LogP contribution in [0.25, 0.3) is 10.2 Å². The molecule has 7 heteroatoms. The number of benzene rings is 2. The number of guanidine groups is 1. The second-order valence-corrected chi connectivity index (χ2v) is 9.66. The van der Waals surface area contributed by atoms with Crippen LogP contribution in [0, 0.1) is 5.92 Å². The minimum absolute atomic E-state index is 0.202. The average Bonchev–Trinajstić information content (AvgIpc) is 3.12. The number of aromatic nitrogens is 1. The second kappa shape index (κ2) is 9.77. The van der Waals surface area contributed by atoms with E-state index in [2.05, 4.69) is 40.2 Å². The third-order valence-electron chi connectivity index (χ3n) is 5.62. The summed E-state index contributed by atoms with van der Waals surface area (Å²) >= 11 is 7.86. The van der Waals surface area contributed by atoms with Crippen LogP contribution in [0.1, 0.15) is 36.3 Å². The lowest BCUT2D eigenvalue weighted by Gasteiger charge is -2.32. The van der Waals surface area contributed by atoms with Gasteiger partial charge in [0.2, 0.25) is 0 Å². The summed E-state index contributed by atoms with van der Waals surface area (Å²) in [4.78, 5) is 11.8. The zero-order valence-electron chi connectivity index (χ0n) is 17.0. The molecule has 0 amide bonds. The van der Waals surface area contributed by atoms with Gasteiger partial charge >= 0.3 is 0 Å². The minimum atomic E-state index is 0.202. The SMILES string of the molecule is NC(N)=NC1CCCC(CN(Cc2ccc(Cl)cc2)Cc2nc3ccccc3s2)C1. The third-order valence-corrected chi connectivity index (χ3v) is 6.89. The van der Waals surface area contributed by atoms with Crippen molar-refractivity contribution in [3.8, 4) is 0 Å². The molecule has 1 fully saturated rings. The van der Waals surface area contributed by atoms with Crippen LogP contribution < -0.4 is 11.5 Å². The minimum Gasteiger partial charge on any atom is -0.370 e. The van der Waals surface area contributed by atoms with Crippen molar-refractivity contribution in [3.05, 3.63) is 64.1 Å². The molecule has 0 aliphatic heterocycles. The van der Waals surface area contributed by atoms with Gasteiger partial charge in [0, 0.05) is 18.1 Å². The fourth-order valence-electron chi connectivity index (χ4n) is 4.33. The molecular formula is C23H28ClN5S. The van der Waals surface area contributed by atoms with E-state index in [1.165, 1.54) is 23.1 Å². The van der Waals surface area contributed by atoms with Gasteiger partial charge in [0.15, 0.2) is 5.96 Å². The average molecular weight is 442 g/mol. The Hall–Kier alpha value is -2.15. The van der Waals surface area contributed by atoms with Crippen LogP contribution in [-0.2, 0) is 13.1 Å². The molecule has 0 saturated heterocycles. The summed E-state index contributed by atoms with van der Waals surface area (Å²) < 4.78 is 1.24. The number of rotatable bonds is 7. The number of hydrogen-bond donors (Lipinski definition) is 2. The maximum Gasteiger partial charge on any atom is 0.186 e. The van der Waals surface area contributed by atoms with Crippen LogP contribution in [0.5, 0.6) is 0 Å². The lowest BCUT2D eigenvalue weighted by atomic mass is 9.85. The smallest absolute Gasteiger partial charge is 0.186 e. The van der Waals surface area contributed by atoms with E-state index in [4.69, 9.17) is 28.1 Å². The van der Waals surface area contributed by atoms with Gasteiger partial charge in [-0.2, -0.15) is 0 Å². The Morgan fingerprint density at radius 2 is 1.90 bits per heavy atom. The molecule has 1 aliphatic carbocycles. The lowest BCUT2D eigenvalue weighted by Crippen LogP contribution is -2.33. The number of halogens is 1. The van der Waals surface area contributed by atoms with Crippen LogP contribution in [0.4, 0.5) is 0 Å². The highest BCUT2D eigenvalue weighted by molar-refractivity contribution is 7.18. The number of nitrogens with zero attached hydrogens (tertiary/aromatic N) is 3. The van der Waals surface area contributed by atoms with Crippen LogP contribution in [0.2, 0.25) is 5.02 Å². The molecule has 2 aromatic carbocycles. The molecule has 30 heavy (non-hydrogen) atoms. The zero-order chi connectivity index (χ0) is 20.9. The van der Waals surface area contributed by atoms with Gasteiger partial charge in [-0.15, -0.1) is 11.3 Å². The molecule has 1 heterocycles. The molecule has 1 aromatic heterocycles. The van der Waals surface area contributed by atoms with E-state index in [9.17, 15) is 0 Å². The molecule has 1 aliphatic rings. The first-order chi connectivity index (χ1) is 14.5. The largest absolute Gasteiger partial charge is 0.370 e. The quantitative estimate of drug-likeness (QED) is 0.408. The fourth-order valence-corrected chi connectivity index (χ4v) is 5.47. The van der Waals surface area contributed by atoms with E-state index in [0.717, 1.165) is 48.0 Å². The Morgan fingerprint density at radius 1 is 1.10 bits per heavy atom. The molecule has 2 atom stereocenters. The predicted molar refractivity (Wildman–Crippen MR) is 127 cm³/mol. The Labute approximate surface area is 186 Å². The van der Waals surface area contributed by atoms with Crippen LogP contribution >= 0.6 is 22.9 Å². The van der Waals surface area contributed by atoms with Gasteiger partial charge in [-0.25, -0.2) is 4.98 Å². The van der Waals surface area contributed by atoms with Gasteiger partial charge in [-0.1, -0.05) is 42.3 Å². The summed E-state index contributed by atoms with van der Waals surface area (Å²) in [6, 6.07) is 16.7. The Bertz CT molecular complexity index is 963. The van der Waals surface area contributed by atoms with E-state index in [1.807, 2.05) is 18.2 Å². The first kappa shape index (κ1) is 21.1. The summed E-state index contributed by atoms with van der Waals surface area (Å²) in [5, 5.41) is 1.92. The van der Waals surface area contributed by atoms with Crippen LogP contribution in [-0.4, -0.2) is 28.4 Å². The maximum atomic E-state index is 6.08. The predicted octanol–water partition coefficient (Wildman–Crippen LogP) is 4.78. The van der Waals surface area contributed by atoms with Gasteiger partial charge in [-0.05, 0) is 55.0 Å². The van der Waals surface area contributed by atoms with Crippen molar-refractivity contribution in [2.24, 2.45) is 22.4 Å². The molecule has 2 unspecified atom stereocenters. The Morgan fingerprint density at radius 3 is 2.67 bits per heavy atom. The number of hydrogen-bond acceptors (Lipinski definition) is 4. The normalized spacial score (nSPS) is 19.3. The second-order valence-electron chi connectivity index (χ2n) is 8.11. The van der Waals surface area contributed by atoms with Crippen molar-refractivity contribution in [2.45, 2.75) is 44.8 Å².